The predicted octanol–water partition coefficient (Wildman–Crippen LogP) is 1.49. The second-order valence-corrected chi connectivity index (χ2v) is 6.99. The first-order valence-electron chi connectivity index (χ1n) is 9.12. The molecule has 0 atom stereocenters. The van der Waals surface area contributed by atoms with E-state index in [1.54, 1.807) is 12.7 Å². The van der Waals surface area contributed by atoms with E-state index in [4.69, 9.17) is 4.74 Å². The Kier molecular flexibility index (Phi) is 4.83. The van der Waals surface area contributed by atoms with Crippen LogP contribution < -0.4 is 15.1 Å². The van der Waals surface area contributed by atoms with Gasteiger partial charge in [0.25, 0.3) is 0 Å². The van der Waals surface area contributed by atoms with Crippen molar-refractivity contribution in [2.24, 2.45) is 0 Å². The molecule has 0 unspecified atom stereocenters. The largest absolute Gasteiger partial charge is 0.376 e. The van der Waals surface area contributed by atoms with Crippen molar-refractivity contribution in [3.05, 3.63) is 30.0 Å². The molecule has 4 heterocycles. The van der Waals surface area contributed by atoms with Crippen LogP contribution in [0, 0.1) is 0 Å². The Morgan fingerprint density at radius 3 is 2.73 bits per heavy atom. The molecule has 26 heavy (non-hydrogen) atoms. The Bertz CT molecular complexity index is 759. The zero-order valence-electron chi connectivity index (χ0n) is 15.4. The van der Waals surface area contributed by atoms with Gasteiger partial charge in [0, 0.05) is 51.3 Å². The summed E-state index contributed by atoms with van der Waals surface area (Å²) in [5, 5.41) is 3.55. The van der Waals surface area contributed by atoms with Crippen LogP contribution in [0.4, 0.5) is 17.5 Å². The lowest BCUT2D eigenvalue weighted by molar-refractivity contribution is 0.109. The van der Waals surface area contributed by atoms with Crippen molar-refractivity contribution in [2.45, 2.75) is 31.9 Å². The minimum Gasteiger partial charge on any atom is -0.376 e. The summed E-state index contributed by atoms with van der Waals surface area (Å²) in [6, 6.07) is 2.40. The van der Waals surface area contributed by atoms with Crippen LogP contribution >= 0.6 is 0 Å². The van der Waals surface area contributed by atoms with Crippen molar-refractivity contribution in [3.8, 4) is 0 Å². The van der Waals surface area contributed by atoms with Gasteiger partial charge in [-0.1, -0.05) is 0 Å². The van der Waals surface area contributed by atoms with E-state index in [0.717, 1.165) is 67.7 Å². The fourth-order valence-electron chi connectivity index (χ4n) is 3.53. The number of hydrogen-bond donors (Lipinski definition) is 1. The highest BCUT2D eigenvalue weighted by Crippen LogP contribution is 2.27. The zero-order valence-corrected chi connectivity index (χ0v) is 15.4. The standard InChI is InChI=1S/C18H25N7O/c1-24(2)17-9-16(20-12-21-17)23-13-3-6-25(7-4-13)18-14-10-26-8-5-15(14)19-11-22-18/h9,11-13H,3-8,10H2,1-2H3,(H,20,21,23). The molecule has 2 aromatic rings. The number of fused-ring (bicyclic) bond motifs is 1. The lowest BCUT2D eigenvalue weighted by Crippen LogP contribution is -2.40. The highest BCUT2D eigenvalue weighted by molar-refractivity contribution is 5.50. The van der Waals surface area contributed by atoms with Gasteiger partial charge in [-0.15, -0.1) is 0 Å². The minimum absolute atomic E-state index is 0.407. The number of anilines is 3. The van der Waals surface area contributed by atoms with E-state index in [0.29, 0.717) is 12.6 Å². The van der Waals surface area contributed by atoms with Gasteiger partial charge in [-0.25, -0.2) is 19.9 Å². The topological polar surface area (TPSA) is 79.3 Å². The maximum Gasteiger partial charge on any atom is 0.137 e. The van der Waals surface area contributed by atoms with Gasteiger partial charge in [0.1, 0.15) is 30.1 Å². The fraction of sp³-hybridized carbons (Fsp3) is 0.556. The number of nitrogens with zero attached hydrogens (tertiary/aromatic N) is 6. The van der Waals surface area contributed by atoms with E-state index in [1.807, 2.05) is 25.1 Å². The molecule has 2 aliphatic rings. The molecule has 0 saturated carbocycles. The smallest absolute Gasteiger partial charge is 0.137 e. The first-order chi connectivity index (χ1) is 12.7. The van der Waals surface area contributed by atoms with Crippen molar-refractivity contribution in [1.82, 2.24) is 19.9 Å². The van der Waals surface area contributed by atoms with Crippen LogP contribution in [-0.4, -0.2) is 59.8 Å². The van der Waals surface area contributed by atoms with E-state index >= 15 is 0 Å². The molecular formula is C18H25N7O. The molecule has 4 rings (SSSR count). The van der Waals surface area contributed by atoms with E-state index in [-0.39, 0.29) is 0 Å². The number of hydrogen-bond acceptors (Lipinski definition) is 8. The monoisotopic (exact) mass is 355 g/mol. The van der Waals surface area contributed by atoms with Gasteiger partial charge in [-0.2, -0.15) is 0 Å². The van der Waals surface area contributed by atoms with Gasteiger partial charge in [-0.3, -0.25) is 0 Å². The second-order valence-electron chi connectivity index (χ2n) is 6.99. The molecule has 2 aromatic heterocycles. The van der Waals surface area contributed by atoms with Crippen LogP contribution in [0.3, 0.4) is 0 Å². The lowest BCUT2D eigenvalue weighted by Gasteiger charge is -2.35. The fourth-order valence-corrected chi connectivity index (χ4v) is 3.53. The summed E-state index contributed by atoms with van der Waals surface area (Å²) in [7, 11) is 3.97. The molecule has 138 valence electrons. The molecule has 1 N–H and O–H groups in total. The molecule has 0 radical (unpaired) electrons. The summed E-state index contributed by atoms with van der Waals surface area (Å²) in [6.45, 7) is 3.31. The third kappa shape index (κ3) is 3.55. The molecule has 0 aromatic carbocycles. The lowest BCUT2D eigenvalue weighted by atomic mass is 10.0. The van der Waals surface area contributed by atoms with Crippen molar-refractivity contribution >= 4 is 17.5 Å². The van der Waals surface area contributed by atoms with Crippen LogP contribution in [0.1, 0.15) is 24.1 Å². The maximum absolute atomic E-state index is 5.62. The van der Waals surface area contributed by atoms with E-state index in [9.17, 15) is 0 Å². The molecule has 0 amide bonds. The first-order valence-corrected chi connectivity index (χ1v) is 9.12. The van der Waals surface area contributed by atoms with Crippen molar-refractivity contribution < 1.29 is 4.74 Å². The van der Waals surface area contributed by atoms with Crippen molar-refractivity contribution in [3.63, 3.8) is 0 Å². The van der Waals surface area contributed by atoms with Gasteiger partial charge < -0.3 is 19.9 Å². The molecule has 0 spiro atoms. The third-order valence-corrected chi connectivity index (χ3v) is 5.00. The first kappa shape index (κ1) is 17.0. The highest BCUT2D eigenvalue weighted by Gasteiger charge is 2.25. The molecule has 0 aliphatic carbocycles. The Hall–Kier alpha value is -2.48. The molecule has 2 aliphatic heterocycles. The average molecular weight is 355 g/mol. The quantitative estimate of drug-likeness (QED) is 0.884. The summed E-state index contributed by atoms with van der Waals surface area (Å²) in [4.78, 5) is 21.9. The zero-order chi connectivity index (χ0) is 17.9. The number of piperidine rings is 1. The Morgan fingerprint density at radius 1 is 1.12 bits per heavy atom. The summed E-state index contributed by atoms with van der Waals surface area (Å²) >= 11 is 0. The van der Waals surface area contributed by atoms with Gasteiger partial charge in [0.2, 0.25) is 0 Å². The average Bonchev–Trinajstić information content (AvgIpc) is 2.68. The summed E-state index contributed by atoms with van der Waals surface area (Å²) in [6.07, 6.45) is 6.26. The highest BCUT2D eigenvalue weighted by atomic mass is 16.5. The Labute approximate surface area is 153 Å². The van der Waals surface area contributed by atoms with Crippen LogP contribution in [0.2, 0.25) is 0 Å². The summed E-state index contributed by atoms with van der Waals surface area (Å²) in [5.41, 5.74) is 2.30. The molecule has 1 saturated heterocycles. The van der Waals surface area contributed by atoms with Crippen LogP contribution in [0.15, 0.2) is 18.7 Å². The molecule has 1 fully saturated rings. The Balaban J connectivity index is 1.40. The van der Waals surface area contributed by atoms with Gasteiger partial charge in [0.15, 0.2) is 0 Å². The van der Waals surface area contributed by atoms with Crippen molar-refractivity contribution in [1.29, 1.82) is 0 Å². The van der Waals surface area contributed by atoms with Gasteiger partial charge in [-0.05, 0) is 12.8 Å². The third-order valence-electron chi connectivity index (χ3n) is 5.00. The van der Waals surface area contributed by atoms with E-state index < -0.39 is 0 Å². The Morgan fingerprint density at radius 2 is 1.92 bits per heavy atom. The van der Waals surface area contributed by atoms with Crippen molar-refractivity contribution in [2.75, 3.05) is 48.9 Å². The predicted molar refractivity (Wildman–Crippen MR) is 101 cm³/mol. The number of rotatable bonds is 4. The molecule has 8 nitrogen and oxygen atoms in total. The summed E-state index contributed by atoms with van der Waals surface area (Å²) in [5.74, 6) is 2.84. The number of aromatic nitrogens is 4. The maximum atomic E-state index is 5.62. The molecule has 8 heteroatoms. The second kappa shape index (κ2) is 7.41. The molecular weight excluding hydrogens is 330 g/mol. The SMILES string of the molecule is CN(C)c1cc(NC2CCN(c3ncnc4c3COCC4)CC2)ncn1. The van der Waals surface area contributed by atoms with Crippen LogP contribution in [0.25, 0.3) is 0 Å². The normalized spacial score (nSPS) is 17.7. The number of nitrogens with one attached hydrogen (secondary N) is 1. The van der Waals surface area contributed by atoms with E-state index in [1.165, 1.54) is 0 Å². The van der Waals surface area contributed by atoms with Crippen LogP contribution in [-0.2, 0) is 17.8 Å². The van der Waals surface area contributed by atoms with Gasteiger partial charge in [0.05, 0.1) is 18.9 Å². The van der Waals surface area contributed by atoms with Crippen LogP contribution in [0.5, 0.6) is 0 Å². The molecule has 0 bridgehead atoms. The minimum atomic E-state index is 0.407. The summed E-state index contributed by atoms with van der Waals surface area (Å²) < 4.78 is 5.62. The van der Waals surface area contributed by atoms with E-state index in [2.05, 4.69) is 30.2 Å². The number of ether oxygens (including phenoxy) is 1. The van der Waals surface area contributed by atoms with Gasteiger partial charge >= 0.3 is 0 Å².